The van der Waals surface area contributed by atoms with Crippen molar-refractivity contribution >= 4 is 81.3 Å². The summed E-state index contributed by atoms with van der Waals surface area (Å²) in [6.07, 6.45) is 0. The van der Waals surface area contributed by atoms with E-state index in [0.717, 1.165) is 50.1 Å². The zero-order valence-corrected chi connectivity index (χ0v) is 27.3. The Morgan fingerprint density at radius 2 is 1.08 bits per heavy atom. The minimum atomic E-state index is 0.903. The van der Waals surface area contributed by atoms with Crippen molar-refractivity contribution in [3.8, 4) is 22.3 Å². The van der Waals surface area contributed by atoms with Crippen molar-refractivity contribution in [2.24, 2.45) is 0 Å². The number of hydrogen-bond donors (Lipinski definition) is 0. The molecule has 0 radical (unpaired) electrons. The van der Waals surface area contributed by atoms with Crippen LogP contribution in [0, 0.1) is 0 Å². The summed E-state index contributed by atoms with van der Waals surface area (Å²) < 4.78 is 8.88. The minimum absolute atomic E-state index is 0.903. The second-order valence-electron chi connectivity index (χ2n) is 12.5. The molecule has 2 aromatic heterocycles. The van der Waals surface area contributed by atoms with Crippen LogP contribution >= 0.6 is 11.3 Å². The molecule has 230 valence electrons. The van der Waals surface area contributed by atoms with Gasteiger partial charge in [0, 0.05) is 48.0 Å². The molecule has 0 aliphatic heterocycles. The number of benzene rings is 8. The Morgan fingerprint density at radius 3 is 1.98 bits per heavy atom. The maximum atomic E-state index is 6.26. The van der Waals surface area contributed by atoms with Crippen LogP contribution in [0.1, 0.15) is 0 Å². The zero-order chi connectivity index (χ0) is 32.3. The third-order valence-corrected chi connectivity index (χ3v) is 10.9. The first-order valence-corrected chi connectivity index (χ1v) is 17.4. The number of rotatable bonds is 5. The Labute approximate surface area is 287 Å². The van der Waals surface area contributed by atoms with E-state index in [9.17, 15) is 0 Å². The van der Waals surface area contributed by atoms with E-state index in [0.29, 0.717) is 0 Å². The van der Waals surface area contributed by atoms with Gasteiger partial charge in [-0.15, -0.1) is 11.3 Å². The highest BCUT2D eigenvalue weighted by Gasteiger charge is 2.18. The fourth-order valence-corrected chi connectivity index (χ4v) is 8.61. The van der Waals surface area contributed by atoms with Crippen LogP contribution in [-0.4, -0.2) is 0 Å². The lowest BCUT2D eigenvalue weighted by Crippen LogP contribution is -2.10. The summed E-state index contributed by atoms with van der Waals surface area (Å²) in [6.45, 7) is 0. The van der Waals surface area contributed by atoms with Gasteiger partial charge >= 0.3 is 0 Å². The average Bonchev–Trinajstić information content (AvgIpc) is 3.74. The first-order valence-electron chi connectivity index (χ1n) is 16.6. The van der Waals surface area contributed by atoms with Gasteiger partial charge in [0.2, 0.25) is 0 Å². The summed E-state index contributed by atoms with van der Waals surface area (Å²) in [5, 5.41) is 7.47. The molecule has 0 atom stereocenters. The predicted octanol–water partition coefficient (Wildman–Crippen LogP) is 13.9. The maximum absolute atomic E-state index is 6.26. The molecule has 0 aliphatic rings. The number of fused-ring (bicyclic) bond motifs is 8. The topological polar surface area (TPSA) is 16.4 Å². The summed E-state index contributed by atoms with van der Waals surface area (Å²) >= 11 is 1.88. The van der Waals surface area contributed by atoms with Gasteiger partial charge < -0.3 is 9.32 Å². The quantitative estimate of drug-likeness (QED) is 0.186. The second kappa shape index (κ2) is 11.2. The number of para-hydroxylation sites is 1. The first kappa shape index (κ1) is 27.9. The van der Waals surface area contributed by atoms with Crippen molar-refractivity contribution in [2.45, 2.75) is 0 Å². The normalized spacial score (nSPS) is 11.7. The number of anilines is 3. The molecule has 8 aromatic carbocycles. The molecule has 0 saturated carbocycles. The van der Waals surface area contributed by atoms with Crippen molar-refractivity contribution in [3.05, 3.63) is 176 Å². The third kappa shape index (κ3) is 4.62. The van der Waals surface area contributed by atoms with Gasteiger partial charge in [-0.05, 0) is 81.6 Å². The Hall–Kier alpha value is -6.16. The molecule has 0 amide bonds. The first-order chi connectivity index (χ1) is 24.3. The van der Waals surface area contributed by atoms with E-state index < -0.39 is 0 Å². The van der Waals surface area contributed by atoms with Crippen LogP contribution in [0.25, 0.3) is 75.1 Å². The monoisotopic (exact) mass is 643 g/mol. The molecular formula is C46H29NOS. The van der Waals surface area contributed by atoms with Crippen LogP contribution in [0.2, 0.25) is 0 Å². The van der Waals surface area contributed by atoms with Gasteiger partial charge in [-0.1, -0.05) is 127 Å². The SMILES string of the molecule is c1ccc(-c2ccc(N(c3cccc(-c4cccc5oc6ccccc6c45)c3)c3ccc4c(c3)sc3c5ccccc5ccc43)cc2)cc1. The van der Waals surface area contributed by atoms with E-state index in [1.54, 1.807) is 0 Å². The summed E-state index contributed by atoms with van der Waals surface area (Å²) in [5.41, 5.74) is 9.86. The largest absolute Gasteiger partial charge is 0.456 e. The number of furan rings is 1. The van der Waals surface area contributed by atoms with E-state index in [4.69, 9.17) is 4.42 Å². The third-order valence-electron chi connectivity index (χ3n) is 9.66. The van der Waals surface area contributed by atoms with E-state index in [2.05, 4.69) is 169 Å². The molecular weight excluding hydrogens is 615 g/mol. The second-order valence-corrected chi connectivity index (χ2v) is 13.6. The Kier molecular flexibility index (Phi) is 6.39. The zero-order valence-electron chi connectivity index (χ0n) is 26.5. The lowest BCUT2D eigenvalue weighted by atomic mass is 9.98. The molecule has 2 heterocycles. The van der Waals surface area contributed by atoms with Gasteiger partial charge in [-0.25, -0.2) is 0 Å². The molecule has 0 saturated heterocycles. The standard InChI is InChI=1S/C46H29NOS/c1-2-10-30(11-3-1)31-20-23-34(24-21-31)47(36-25-27-39-40-26-22-32-12-4-5-15-38(32)46(40)49-44(39)29-36)35-14-8-13-33(28-35)37-17-9-19-43-45(37)41-16-6-7-18-42(41)48-43/h1-29H. The maximum Gasteiger partial charge on any atom is 0.136 e. The Morgan fingerprint density at radius 1 is 0.408 bits per heavy atom. The van der Waals surface area contributed by atoms with E-state index >= 15 is 0 Å². The van der Waals surface area contributed by atoms with Crippen LogP contribution in [0.15, 0.2) is 180 Å². The lowest BCUT2D eigenvalue weighted by molar-refractivity contribution is 0.669. The van der Waals surface area contributed by atoms with Crippen LogP contribution < -0.4 is 4.90 Å². The molecule has 0 aliphatic carbocycles. The van der Waals surface area contributed by atoms with Crippen LogP contribution in [0.4, 0.5) is 17.1 Å². The van der Waals surface area contributed by atoms with Crippen molar-refractivity contribution in [1.82, 2.24) is 0 Å². The van der Waals surface area contributed by atoms with Crippen molar-refractivity contribution in [3.63, 3.8) is 0 Å². The molecule has 0 unspecified atom stereocenters. The van der Waals surface area contributed by atoms with E-state index in [-0.39, 0.29) is 0 Å². The van der Waals surface area contributed by atoms with Gasteiger partial charge in [-0.2, -0.15) is 0 Å². The molecule has 0 spiro atoms. The number of thiophene rings is 1. The summed E-state index contributed by atoms with van der Waals surface area (Å²) in [7, 11) is 0. The van der Waals surface area contributed by atoms with Gasteiger partial charge in [0.15, 0.2) is 0 Å². The average molecular weight is 644 g/mol. The van der Waals surface area contributed by atoms with Gasteiger partial charge in [0.1, 0.15) is 11.2 Å². The molecule has 49 heavy (non-hydrogen) atoms. The fraction of sp³-hybridized carbons (Fsp3) is 0. The molecule has 0 fully saturated rings. The molecule has 3 heteroatoms. The summed E-state index contributed by atoms with van der Waals surface area (Å²) in [5.74, 6) is 0. The molecule has 0 bridgehead atoms. The molecule has 0 N–H and O–H groups in total. The lowest BCUT2D eigenvalue weighted by Gasteiger charge is -2.26. The number of hydrogen-bond acceptors (Lipinski definition) is 3. The summed E-state index contributed by atoms with van der Waals surface area (Å²) in [4.78, 5) is 2.38. The predicted molar refractivity (Wildman–Crippen MR) is 210 cm³/mol. The smallest absolute Gasteiger partial charge is 0.136 e. The van der Waals surface area contributed by atoms with Gasteiger partial charge in [0.05, 0.1) is 0 Å². The van der Waals surface area contributed by atoms with Crippen molar-refractivity contribution in [1.29, 1.82) is 0 Å². The van der Waals surface area contributed by atoms with E-state index in [1.165, 1.54) is 42.1 Å². The van der Waals surface area contributed by atoms with Crippen molar-refractivity contribution < 1.29 is 4.42 Å². The molecule has 10 aromatic rings. The molecule has 2 nitrogen and oxygen atoms in total. The van der Waals surface area contributed by atoms with Crippen molar-refractivity contribution in [2.75, 3.05) is 4.90 Å². The highest BCUT2D eigenvalue weighted by molar-refractivity contribution is 7.26. The fourth-order valence-electron chi connectivity index (χ4n) is 7.34. The van der Waals surface area contributed by atoms with Crippen LogP contribution in [0.5, 0.6) is 0 Å². The Bertz CT molecular complexity index is 2830. The highest BCUT2D eigenvalue weighted by atomic mass is 32.1. The summed E-state index contributed by atoms with van der Waals surface area (Å²) in [6, 6.07) is 63.2. The number of nitrogens with zero attached hydrogens (tertiary/aromatic N) is 1. The Balaban J connectivity index is 1.16. The van der Waals surface area contributed by atoms with Crippen LogP contribution in [-0.2, 0) is 0 Å². The van der Waals surface area contributed by atoms with E-state index in [1.807, 2.05) is 23.5 Å². The minimum Gasteiger partial charge on any atom is -0.456 e. The van der Waals surface area contributed by atoms with Gasteiger partial charge in [-0.3, -0.25) is 0 Å². The van der Waals surface area contributed by atoms with Crippen LogP contribution in [0.3, 0.4) is 0 Å². The molecule has 10 rings (SSSR count). The highest BCUT2D eigenvalue weighted by Crippen LogP contribution is 2.44. The van der Waals surface area contributed by atoms with Gasteiger partial charge in [0.25, 0.3) is 0 Å².